The summed E-state index contributed by atoms with van der Waals surface area (Å²) < 4.78 is 58.7. The smallest absolute Gasteiger partial charge is 0.433 e. The maximum atomic E-state index is 13.9. The van der Waals surface area contributed by atoms with Crippen molar-refractivity contribution in [3.63, 3.8) is 0 Å². The third-order valence-electron chi connectivity index (χ3n) is 3.72. The molecule has 0 aliphatic rings. The molecule has 28 heavy (non-hydrogen) atoms. The molecule has 0 spiro atoms. The minimum atomic E-state index is -4.63. The van der Waals surface area contributed by atoms with Crippen LogP contribution >= 0.6 is 0 Å². The van der Waals surface area contributed by atoms with Crippen LogP contribution in [-0.2, 0) is 12.7 Å². The van der Waals surface area contributed by atoms with E-state index in [0.29, 0.717) is 17.7 Å². The van der Waals surface area contributed by atoms with Crippen LogP contribution in [0.25, 0.3) is 11.4 Å². The Labute approximate surface area is 158 Å². The Kier molecular flexibility index (Phi) is 5.72. The molecule has 0 bridgehead atoms. The molecule has 3 aromatic rings. The van der Waals surface area contributed by atoms with Crippen LogP contribution in [-0.4, -0.2) is 21.6 Å². The van der Waals surface area contributed by atoms with E-state index in [-0.39, 0.29) is 23.9 Å². The highest BCUT2D eigenvalue weighted by atomic mass is 19.4. The van der Waals surface area contributed by atoms with Crippen LogP contribution < -0.4 is 10.1 Å². The lowest BCUT2D eigenvalue weighted by molar-refractivity contribution is -0.141. The topological polar surface area (TPSA) is 59.9 Å². The van der Waals surface area contributed by atoms with Crippen molar-refractivity contribution in [3.05, 3.63) is 65.9 Å². The lowest BCUT2D eigenvalue weighted by Crippen LogP contribution is -2.12. The second-order valence-corrected chi connectivity index (χ2v) is 5.75. The van der Waals surface area contributed by atoms with Crippen molar-refractivity contribution < 1.29 is 22.3 Å². The van der Waals surface area contributed by atoms with Crippen LogP contribution in [0.15, 0.2) is 48.8 Å². The van der Waals surface area contributed by atoms with Crippen LogP contribution in [0, 0.1) is 5.82 Å². The summed E-state index contributed by atoms with van der Waals surface area (Å²) in [5, 5.41) is 2.79. The molecule has 0 aliphatic heterocycles. The minimum absolute atomic E-state index is 0.0246. The van der Waals surface area contributed by atoms with Crippen LogP contribution in [0.4, 0.5) is 23.4 Å². The zero-order valence-electron chi connectivity index (χ0n) is 14.8. The van der Waals surface area contributed by atoms with Gasteiger partial charge in [0.15, 0.2) is 23.1 Å². The Balaban J connectivity index is 1.86. The lowest BCUT2D eigenvalue weighted by atomic mass is 10.2. The molecule has 0 aliphatic carbocycles. The van der Waals surface area contributed by atoms with Crippen LogP contribution in [0.3, 0.4) is 0 Å². The number of alkyl halides is 3. The van der Waals surface area contributed by atoms with E-state index in [4.69, 9.17) is 4.74 Å². The first-order valence-electron chi connectivity index (χ1n) is 8.38. The molecule has 0 radical (unpaired) electrons. The molecule has 0 saturated heterocycles. The van der Waals surface area contributed by atoms with Crippen molar-refractivity contribution in [1.29, 1.82) is 0 Å². The first-order valence-corrected chi connectivity index (χ1v) is 8.38. The fraction of sp³-hybridized carbons (Fsp3) is 0.211. The highest BCUT2D eigenvalue weighted by molar-refractivity contribution is 5.57. The molecule has 1 aromatic carbocycles. The molecule has 2 aromatic heterocycles. The zero-order chi connectivity index (χ0) is 20.1. The first kappa shape index (κ1) is 19.5. The van der Waals surface area contributed by atoms with Gasteiger partial charge in [-0.2, -0.15) is 13.2 Å². The predicted octanol–water partition coefficient (Wildman–Crippen LogP) is 4.71. The summed E-state index contributed by atoms with van der Waals surface area (Å²) in [6.07, 6.45) is -1.75. The van der Waals surface area contributed by atoms with Crippen molar-refractivity contribution in [2.75, 3.05) is 11.9 Å². The number of halogens is 4. The molecule has 0 unspecified atom stereocenters. The summed E-state index contributed by atoms with van der Waals surface area (Å²) in [5.74, 6) is -0.536. The van der Waals surface area contributed by atoms with Gasteiger partial charge in [0.2, 0.25) is 0 Å². The largest absolute Gasteiger partial charge is 0.491 e. The van der Waals surface area contributed by atoms with Gasteiger partial charge >= 0.3 is 6.18 Å². The maximum Gasteiger partial charge on any atom is 0.433 e. The second-order valence-electron chi connectivity index (χ2n) is 5.75. The predicted molar refractivity (Wildman–Crippen MR) is 95.2 cm³/mol. The number of aromatic nitrogens is 3. The van der Waals surface area contributed by atoms with E-state index >= 15 is 0 Å². The van der Waals surface area contributed by atoms with Crippen molar-refractivity contribution in [3.8, 4) is 17.1 Å². The van der Waals surface area contributed by atoms with Gasteiger partial charge in [0.05, 0.1) is 6.61 Å². The average Bonchev–Trinajstić information content (AvgIpc) is 2.68. The molecule has 0 fully saturated rings. The van der Waals surface area contributed by atoms with E-state index in [2.05, 4.69) is 20.3 Å². The molecular formula is C19H16F4N4O. The second kappa shape index (κ2) is 8.20. The van der Waals surface area contributed by atoms with E-state index in [9.17, 15) is 17.6 Å². The normalized spacial score (nSPS) is 11.3. The number of nitrogens with one attached hydrogen (secondary N) is 1. The van der Waals surface area contributed by atoms with Crippen LogP contribution in [0.1, 0.15) is 18.2 Å². The number of rotatable bonds is 6. The van der Waals surface area contributed by atoms with Crippen molar-refractivity contribution >= 4 is 5.82 Å². The van der Waals surface area contributed by atoms with Gasteiger partial charge in [-0.25, -0.2) is 14.4 Å². The molecule has 146 valence electrons. The van der Waals surface area contributed by atoms with Gasteiger partial charge in [0.25, 0.3) is 0 Å². The van der Waals surface area contributed by atoms with Crippen molar-refractivity contribution in [2.24, 2.45) is 0 Å². The van der Waals surface area contributed by atoms with Crippen LogP contribution in [0.5, 0.6) is 5.75 Å². The number of benzene rings is 1. The Morgan fingerprint density at radius 2 is 1.79 bits per heavy atom. The molecule has 9 heteroatoms. The molecule has 0 saturated carbocycles. The fourth-order valence-electron chi connectivity index (χ4n) is 2.43. The van der Waals surface area contributed by atoms with E-state index in [1.807, 2.05) is 0 Å². The third-order valence-corrected chi connectivity index (χ3v) is 3.72. The van der Waals surface area contributed by atoms with Gasteiger partial charge in [0, 0.05) is 30.6 Å². The zero-order valence-corrected chi connectivity index (χ0v) is 14.8. The summed E-state index contributed by atoms with van der Waals surface area (Å²) in [6, 6.07) is 8.20. The fourth-order valence-corrected chi connectivity index (χ4v) is 2.43. The molecule has 3 rings (SSSR count). The van der Waals surface area contributed by atoms with E-state index in [1.165, 1.54) is 36.7 Å². The Morgan fingerprint density at radius 3 is 2.43 bits per heavy atom. The lowest BCUT2D eigenvalue weighted by Gasteiger charge is -2.12. The SMILES string of the molecule is CCOc1ccc(CNc2cc(C(F)(F)F)nc(-c3ccncc3)n2)cc1F. The number of hydrogen-bond acceptors (Lipinski definition) is 5. The third kappa shape index (κ3) is 4.73. The summed E-state index contributed by atoms with van der Waals surface area (Å²) in [5.41, 5.74) is -0.149. The van der Waals surface area contributed by atoms with E-state index in [1.54, 1.807) is 13.0 Å². The van der Waals surface area contributed by atoms with Crippen molar-refractivity contribution in [2.45, 2.75) is 19.6 Å². The van der Waals surface area contributed by atoms with Crippen molar-refractivity contribution in [1.82, 2.24) is 15.0 Å². The molecule has 5 nitrogen and oxygen atoms in total. The van der Waals surface area contributed by atoms with Gasteiger partial charge < -0.3 is 10.1 Å². The summed E-state index contributed by atoms with van der Waals surface area (Å²) in [6.45, 7) is 2.14. The summed E-state index contributed by atoms with van der Waals surface area (Å²) in [4.78, 5) is 11.6. The molecule has 1 N–H and O–H groups in total. The maximum absolute atomic E-state index is 13.9. The Hall–Kier alpha value is -3.23. The van der Waals surface area contributed by atoms with Gasteiger partial charge in [-0.1, -0.05) is 6.07 Å². The molecule has 2 heterocycles. The number of ether oxygens (including phenoxy) is 1. The highest BCUT2D eigenvalue weighted by Crippen LogP contribution is 2.31. The van der Waals surface area contributed by atoms with Gasteiger partial charge in [0.1, 0.15) is 5.82 Å². The molecule has 0 atom stereocenters. The van der Waals surface area contributed by atoms with Gasteiger partial charge in [-0.05, 0) is 36.8 Å². The highest BCUT2D eigenvalue weighted by Gasteiger charge is 2.33. The average molecular weight is 392 g/mol. The number of nitrogens with zero attached hydrogens (tertiary/aromatic N) is 3. The monoisotopic (exact) mass is 392 g/mol. The number of anilines is 1. The minimum Gasteiger partial charge on any atom is -0.491 e. The summed E-state index contributed by atoms with van der Waals surface area (Å²) >= 11 is 0. The molecule has 0 amide bonds. The van der Waals surface area contributed by atoms with Gasteiger partial charge in [-0.3, -0.25) is 4.98 Å². The quantitative estimate of drug-likeness (QED) is 0.616. The van der Waals surface area contributed by atoms with Crippen LogP contribution in [0.2, 0.25) is 0 Å². The van der Waals surface area contributed by atoms with E-state index < -0.39 is 17.7 Å². The summed E-state index contributed by atoms with van der Waals surface area (Å²) in [7, 11) is 0. The Bertz CT molecular complexity index is 948. The standard InChI is InChI=1S/C19H16F4N4O/c1-2-28-15-4-3-12(9-14(15)20)11-25-17-10-16(19(21,22)23)26-18(27-17)13-5-7-24-8-6-13/h3-10H,2,11H2,1H3,(H,25,26,27). The Morgan fingerprint density at radius 1 is 1.04 bits per heavy atom. The number of hydrogen-bond donors (Lipinski definition) is 1. The van der Waals surface area contributed by atoms with Gasteiger partial charge in [-0.15, -0.1) is 0 Å². The first-order chi connectivity index (χ1) is 13.4. The van der Waals surface area contributed by atoms with E-state index in [0.717, 1.165) is 6.07 Å². The number of pyridine rings is 1. The molecular weight excluding hydrogens is 376 g/mol.